The third-order valence-corrected chi connectivity index (χ3v) is 3.32. The van der Waals surface area contributed by atoms with Crippen molar-refractivity contribution in [3.05, 3.63) is 71.6 Å². The molecule has 0 bridgehead atoms. The van der Waals surface area contributed by atoms with E-state index in [9.17, 15) is 8.78 Å². The van der Waals surface area contributed by atoms with Crippen LogP contribution in [0.4, 0.5) is 31.8 Å². The van der Waals surface area contributed by atoms with E-state index >= 15 is 0 Å². The zero-order valence-corrected chi connectivity index (χ0v) is 13.2. The molecule has 3 aromatic rings. The molecule has 0 radical (unpaired) electrons. The quantitative estimate of drug-likeness (QED) is 0.737. The number of nitriles is 1. The summed E-state index contributed by atoms with van der Waals surface area (Å²) in [6, 6.07) is 14.1. The van der Waals surface area contributed by atoms with E-state index in [4.69, 9.17) is 5.26 Å². The van der Waals surface area contributed by atoms with E-state index in [-0.39, 0.29) is 0 Å². The number of aryl methyl sites for hydroxylation is 1. The lowest BCUT2D eigenvalue weighted by Crippen LogP contribution is -2.02. The second-order valence-electron chi connectivity index (χ2n) is 5.25. The summed E-state index contributed by atoms with van der Waals surface area (Å²) >= 11 is 0. The van der Waals surface area contributed by atoms with Crippen molar-refractivity contribution in [3.8, 4) is 6.07 Å². The topological polar surface area (TPSA) is 73.6 Å². The summed E-state index contributed by atoms with van der Waals surface area (Å²) in [7, 11) is 0. The van der Waals surface area contributed by atoms with Gasteiger partial charge >= 0.3 is 0 Å². The number of halogens is 2. The molecular weight excluding hydrogens is 324 g/mol. The molecular formula is C18H13F2N5. The number of hydrogen-bond donors (Lipinski definition) is 2. The first-order valence-corrected chi connectivity index (χ1v) is 7.38. The molecule has 0 atom stereocenters. The average molecular weight is 337 g/mol. The van der Waals surface area contributed by atoms with E-state index in [0.29, 0.717) is 28.7 Å². The summed E-state index contributed by atoms with van der Waals surface area (Å²) in [5.41, 5.74) is 1.70. The van der Waals surface area contributed by atoms with Crippen molar-refractivity contribution in [1.29, 1.82) is 5.26 Å². The summed E-state index contributed by atoms with van der Waals surface area (Å²) in [6.07, 6.45) is 0. The number of nitrogens with one attached hydrogen (secondary N) is 2. The van der Waals surface area contributed by atoms with Gasteiger partial charge in [-0.3, -0.25) is 0 Å². The maximum Gasteiger partial charge on any atom is 0.160 e. The molecule has 1 heterocycles. The summed E-state index contributed by atoms with van der Waals surface area (Å²) < 4.78 is 26.3. The largest absolute Gasteiger partial charge is 0.340 e. The lowest BCUT2D eigenvalue weighted by molar-refractivity contribution is 0.509. The highest BCUT2D eigenvalue weighted by Gasteiger charge is 2.06. The molecule has 0 aliphatic rings. The van der Waals surface area contributed by atoms with Crippen molar-refractivity contribution in [1.82, 2.24) is 9.97 Å². The predicted octanol–water partition coefficient (Wildman–Crippen LogP) is 4.42. The predicted molar refractivity (Wildman–Crippen MR) is 90.8 cm³/mol. The van der Waals surface area contributed by atoms with Crippen LogP contribution in [0.25, 0.3) is 0 Å². The fourth-order valence-corrected chi connectivity index (χ4v) is 2.19. The van der Waals surface area contributed by atoms with Crippen LogP contribution in [0.3, 0.4) is 0 Å². The zero-order valence-electron chi connectivity index (χ0n) is 13.2. The number of anilines is 4. The zero-order chi connectivity index (χ0) is 17.8. The molecule has 0 spiro atoms. The maximum atomic E-state index is 13.3. The molecule has 0 amide bonds. The molecule has 0 fully saturated rings. The molecule has 3 rings (SSSR count). The van der Waals surface area contributed by atoms with Crippen LogP contribution in [0.2, 0.25) is 0 Å². The van der Waals surface area contributed by atoms with Crippen LogP contribution in [0.15, 0.2) is 48.5 Å². The molecule has 5 nitrogen and oxygen atoms in total. The van der Waals surface area contributed by atoms with Gasteiger partial charge in [0.05, 0.1) is 11.6 Å². The maximum absolute atomic E-state index is 13.3. The molecule has 0 aliphatic heterocycles. The van der Waals surface area contributed by atoms with Gasteiger partial charge in [0.15, 0.2) is 11.6 Å². The van der Waals surface area contributed by atoms with Crippen LogP contribution in [0.5, 0.6) is 0 Å². The average Bonchev–Trinajstić information content (AvgIpc) is 2.58. The Kier molecular flexibility index (Phi) is 4.53. The van der Waals surface area contributed by atoms with Crippen LogP contribution >= 0.6 is 0 Å². The van der Waals surface area contributed by atoms with Crippen LogP contribution in [-0.4, -0.2) is 9.97 Å². The highest BCUT2D eigenvalue weighted by Crippen LogP contribution is 2.21. The third-order valence-electron chi connectivity index (χ3n) is 3.32. The standard InChI is InChI=1S/C18H13F2N5/c1-11-22-17(24-13-4-2-12(10-21)3-5-13)9-18(23-11)25-14-6-7-15(19)16(20)8-14/h2-9H,1H3,(H2,22,23,24,25). The van der Waals surface area contributed by atoms with Gasteiger partial charge in [0.2, 0.25) is 0 Å². The first kappa shape index (κ1) is 16.3. The van der Waals surface area contributed by atoms with Gasteiger partial charge in [-0.25, -0.2) is 18.7 Å². The molecule has 0 saturated heterocycles. The SMILES string of the molecule is Cc1nc(Nc2ccc(C#N)cc2)cc(Nc2ccc(F)c(F)c2)n1. The summed E-state index contributed by atoms with van der Waals surface area (Å²) in [5.74, 6) is -0.375. The molecule has 0 unspecified atom stereocenters. The molecule has 1 aromatic heterocycles. The van der Waals surface area contributed by atoms with E-state index < -0.39 is 11.6 Å². The Labute approximate surface area is 143 Å². The van der Waals surface area contributed by atoms with E-state index in [1.54, 1.807) is 37.3 Å². The van der Waals surface area contributed by atoms with E-state index in [1.165, 1.54) is 6.07 Å². The Bertz CT molecular complexity index is 949. The fraction of sp³-hybridized carbons (Fsp3) is 0.0556. The van der Waals surface area contributed by atoms with E-state index in [1.807, 2.05) is 0 Å². The van der Waals surface area contributed by atoms with Crippen molar-refractivity contribution in [2.75, 3.05) is 10.6 Å². The van der Waals surface area contributed by atoms with Crippen LogP contribution in [-0.2, 0) is 0 Å². The molecule has 0 saturated carbocycles. The van der Waals surface area contributed by atoms with Crippen molar-refractivity contribution in [3.63, 3.8) is 0 Å². The van der Waals surface area contributed by atoms with Gasteiger partial charge in [-0.05, 0) is 43.3 Å². The monoisotopic (exact) mass is 337 g/mol. The summed E-state index contributed by atoms with van der Waals surface area (Å²) in [5, 5.41) is 14.8. The normalized spacial score (nSPS) is 10.2. The number of benzene rings is 2. The molecule has 2 N–H and O–H groups in total. The first-order valence-electron chi connectivity index (χ1n) is 7.38. The minimum absolute atomic E-state index is 0.376. The smallest absolute Gasteiger partial charge is 0.160 e. The Balaban J connectivity index is 1.82. The second-order valence-corrected chi connectivity index (χ2v) is 5.25. The molecule has 25 heavy (non-hydrogen) atoms. The number of nitrogens with zero attached hydrogens (tertiary/aromatic N) is 3. The van der Waals surface area contributed by atoms with E-state index in [2.05, 4.69) is 26.7 Å². The lowest BCUT2D eigenvalue weighted by atomic mass is 10.2. The van der Waals surface area contributed by atoms with Crippen LogP contribution in [0.1, 0.15) is 11.4 Å². The van der Waals surface area contributed by atoms with Gasteiger partial charge in [-0.15, -0.1) is 0 Å². The van der Waals surface area contributed by atoms with Crippen molar-refractivity contribution < 1.29 is 8.78 Å². The third kappa shape index (κ3) is 4.06. The van der Waals surface area contributed by atoms with Gasteiger partial charge in [0.25, 0.3) is 0 Å². The Morgan fingerprint density at radius 1 is 0.840 bits per heavy atom. The summed E-state index contributed by atoms with van der Waals surface area (Å²) in [4.78, 5) is 8.51. The minimum Gasteiger partial charge on any atom is -0.340 e. The molecule has 124 valence electrons. The molecule has 7 heteroatoms. The Morgan fingerprint density at radius 2 is 1.44 bits per heavy atom. The van der Waals surface area contributed by atoms with Gasteiger partial charge in [-0.1, -0.05) is 0 Å². The van der Waals surface area contributed by atoms with Crippen LogP contribution < -0.4 is 10.6 Å². The Hall–Kier alpha value is -3.53. The highest BCUT2D eigenvalue weighted by atomic mass is 19.2. The van der Waals surface area contributed by atoms with Gasteiger partial charge in [-0.2, -0.15) is 5.26 Å². The lowest BCUT2D eigenvalue weighted by Gasteiger charge is -2.10. The number of rotatable bonds is 4. The van der Waals surface area contributed by atoms with Gasteiger partial charge in [0.1, 0.15) is 17.5 Å². The van der Waals surface area contributed by atoms with Crippen molar-refractivity contribution in [2.24, 2.45) is 0 Å². The van der Waals surface area contributed by atoms with Crippen LogP contribution in [0, 0.1) is 29.9 Å². The van der Waals surface area contributed by atoms with Gasteiger partial charge < -0.3 is 10.6 Å². The second kappa shape index (κ2) is 6.93. The first-order chi connectivity index (χ1) is 12.0. The summed E-state index contributed by atoms with van der Waals surface area (Å²) in [6.45, 7) is 1.72. The highest BCUT2D eigenvalue weighted by molar-refractivity contribution is 5.63. The van der Waals surface area contributed by atoms with Crippen molar-refractivity contribution >= 4 is 23.0 Å². The number of hydrogen-bond acceptors (Lipinski definition) is 5. The van der Waals surface area contributed by atoms with E-state index in [0.717, 1.165) is 17.8 Å². The molecule has 2 aromatic carbocycles. The number of aromatic nitrogens is 2. The van der Waals surface area contributed by atoms with Crippen molar-refractivity contribution in [2.45, 2.75) is 6.92 Å². The fourth-order valence-electron chi connectivity index (χ4n) is 2.19. The van der Waals surface area contributed by atoms with Gasteiger partial charge in [0, 0.05) is 23.5 Å². The minimum atomic E-state index is -0.938. The molecule has 0 aliphatic carbocycles. The Morgan fingerprint density at radius 3 is 2.04 bits per heavy atom.